The fourth-order valence-corrected chi connectivity index (χ4v) is 2.58. The zero-order valence-corrected chi connectivity index (χ0v) is 11.5. The normalized spacial score (nSPS) is 18.1. The average molecular weight is 276 g/mol. The second kappa shape index (κ2) is 4.58. The van der Waals surface area contributed by atoms with Gasteiger partial charge in [-0.25, -0.2) is 9.37 Å². The number of benzene rings is 1. The van der Waals surface area contributed by atoms with Crippen molar-refractivity contribution in [3.63, 3.8) is 0 Å². The number of nitrogens with zero attached hydrogens (tertiary/aromatic N) is 2. The van der Waals surface area contributed by atoms with E-state index in [9.17, 15) is 14.3 Å². The molecular formula is C15H17FN2O2. The number of rotatable bonds is 4. The van der Waals surface area contributed by atoms with Gasteiger partial charge in [0.25, 0.3) is 0 Å². The molecule has 1 aliphatic carbocycles. The maximum absolute atomic E-state index is 13.9. The number of aliphatic carboxylic acids is 1. The molecule has 2 unspecified atom stereocenters. The molecule has 1 N–H and O–H groups in total. The predicted octanol–water partition coefficient (Wildman–Crippen LogP) is 3.33. The van der Waals surface area contributed by atoms with Crippen molar-refractivity contribution >= 4 is 17.0 Å². The monoisotopic (exact) mass is 276 g/mol. The van der Waals surface area contributed by atoms with Crippen molar-refractivity contribution in [1.29, 1.82) is 0 Å². The number of carbonyl (C=O) groups is 1. The molecule has 1 aliphatic rings. The van der Waals surface area contributed by atoms with E-state index in [2.05, 4.69) is 4.98 Å². The molecule has 5 heteroatoms. The number of carboxylic acid groups (broad SMARTS) is 1. The second-order valence-corrected chi connectivity index (χ2v) is 5.59. The third-order valence-corrected chi connectivity index (χ3v) is 4.16. The van der Waals surface area contributed by atoms with E-state index in [1.165, 1.54) is 6.07 Å². The molecule has 2 aromatic rings. The Balaban J connectivity index is 2.17. The maximum atomic E-state index is 13.9. The van der Waals surface area contributed by atoms with E-state index >= 15 is 0 Å². The Morgan fingerprint density at radius 3 is 2.75 bits per heavy atom. The van der Waals surface area contributed by atoms with E-state index in [0.717, 1.165) is 18.4 Å². The quantitative estimate of drug-likeness (QED) is 0.931. The van der Waals surface area contributed by atoms with Crippen LogP contribution in [0, 0.1) is 11.7 Å². The summed E-state index contributed by atoms with van der Waals surface area (Å²) < 4.78 is 15.9. The molecule has 1 heterocycles. The van der Waals surface area contributed by atoms with Crippen LogP contribution in [0.4, 0.5) is 4.39 Å². The maximum Gasteiger partial charge on any atom is 0.306 e. The molecule has 0 saturated heterocycles. The van der Waals surface area contributed by atoms with E-state index in [1.807, 2.05) is 17.6 Å². The van der Waals surface area contributed by atoms with Crippen molar-refractivity contribution in [3.05, 3.63) is 29.8 Å². The number of hydrogen-bond acceptors (Lipinski definition) is 2. The lowest BCUT2D eigenvalue weighted by atomic mass is 9.95. The number of hydrogen-bond donors (Lipinski definition) is 1. The average Bonchev–Trinajstić information content (AvgIpc) is 3.17. The largest absolute Gasteiger partial charge is 0.481 e. The van der Waals surface area contributed by atoms with Crippen molar-refractivity contribution < 1.29 is 14.3 Å². The molecule has 106 valence electrons. The highest BCUT2D eigenvalue weighted by molar-refractivity contribution is 5.78. The van der Waals surface area contributed by atoms with Gasteiger partial charge in [-0.1, -0.05) is 19.9 Å². The fourth-order valence-electron chi connectivity index (χ4n) is 2.58. The molecule has 0 radical (unpaired) electrons. The van der Waals surface area contributed by atoms with Crippen LogP contribution < -0.4 is 0 Å². The third kappa shape index (κ3) is 1.97. The number of imidazole rings is 1. The molecule has 0 aliphatic heterocycles. The summed E-state index contributed by atoms with van der Waals surface area (Å²) in [6, 6.07) is 5.25. The van der Waals surface area contributed by atoms with Crippen LogP contribution in [-0.2, 0) is 4.79 Å². The SMILES string of the molecule is CC(C(=O)O)C(C)c1nc2c(F)cccc2n1C1CC1. The van der Waals surface area contributed by atoms with Gasteiger partial charge in [0.2, 0.25) is 0 Å². The number of para-hydroxylation sites is 1. The Bertz CT molecular complexity index is 676. The van der Waals surface area contributed by atoms with Gasteiger partial charge in [0.05, 0.1) is 11.4 Å². The van der Waals surface area contributed by atoms with Gasteiger partial charge in [0, 0.05) is 12.0 Å². The molecule has 20 heavy (non-hydrogen) atoms. The molecule has 1 fully saturated rings. The van der Waals surface area contributed by atoms with Crippen LogP contribution in [0.3, 0.4) is 0 Å². The first kappa shape index (κ1) is 13.1. The van der Waals surface area contributed by atoms with Gasteiger partial charge in [-0.2, -0.15) is 0 Å². The van der Waals surface area contributed by atoms with E-state index in [4.69, 9.17) is 0 Å². The minimum atomic E-state index is -0.854. The first-order valence-electron chi connectivity index (χ1n) is 6.90. The number of halogens is 1. The van der Waals surface area contributed by atoms with Crippen LogP contribution in [0.1, 0.15) is 44.5 Å². The van der Waals surface area contributed by atoms with Gasteiger partial charge in [0.1, 0.15) is 11.3 Å². The molecule has 1 saturated carbocycles. The summed E-state index contributed by atoms with van der Waals surface area (Å²) in [6.07, 6.45) is 2.09. The summed E-state index contributed by atoms with van der Waals surface area (Å²) in [5, 5.41) is 9.18. The molecule has 1 aromatic heterocycles. The molecule has 3 rings (SSSR count). The summed E-state index contributed by atoms with van der Waals surface area (Å²) in [6.45, 7) is 3.51. The molecular weight excluding hydrogens is 259 g/mol. The summed E-state index contributed by atoms with van der Waals surface area (Å²) in [5.74, 6) is -1.32. The van der Waals surface area contributed by atoms with Crippen molar-refractivity contribution in [2.24, 2.45) is 5.92 Å². The van der Waals surface area contributed by atoms with Crippen LogP contribution in [-0.4, -0.2) is 20.6 Å². The lowest BCUT2D eigenvalue weighted by Gasteiger charge is -2.17. The van der Waals surface area contributed by atoms with E-state index in [-0.39, 0.29) is 11.7 Å². The first-order valence-corrected chi connectivity index (χ1v) is 6.90. The molecule has 0 amide bonds. The van der Waals surface area contributed by atoms with Crippen LogP contribution in [0.2, 0.25) is 0 Å². The summed E-state index contributed by atoms with van der Waals surface area (Å²) >= 11 is 0. The Morgan fingerprint density at radius 1 is 1.45 bits per heavy atom. The minimum absolute atomic E-state index is 0.250. The Morgan fingerprint density at radius 2 is 2.15 bits per heavy atom. The highest BCUT2D eigenvalue weighted by atomic mass is 19.1. The number of aromatic nitrogens is 2. The van der Waals surface area contributed by atoms with Crippen LogP contribution in [0.25, 0.3) is 11.0 Å². The summed E-state index contributed by atoms with van der Waals surface area (Å²) in [7, 11) is 0. The van der Waals surface area contributed by atoms with Crippen LogP contribution in [0.15, 0.2) is 18.2 Å². The lowest BCUT2D eigenvalue weighted by Crippen LogP contribution is -2.19. The minimum Gasteiger partial charge on any atom is -0.481 e. The van der Waals surface area contributed by atoms with Gasteiger partial charge in [-0.3, -0.25) is 4.79 Å². The second-order valence-electron chi connectivity index (χ2n) is 5.59. The molecule has 4 nitrogen and oxygen atoms in total. The van der Waals surface area contributed by atoms with Gasteiger partial charge >= 0.3 is 5.97 Å². The topological polar surface area (TPSA) is 55.1 Å². The Kier molecular flexibility index (Phi) is 3.00. The van der Waals surface area contributed by atoms with Crippen LogP contribution >= 0.6 is 0 Å². The van der Waals surface area contributed by atoms with E-state index in [1.54, 1.807) is 13.0 Å². The molecule has 1 aromatic carbocycles. The fraction of sp³-hybridized carbons (Fsp3) is 0.467. The zero-order valence-electron chi connectivity index (χ0n) is 11.5. The highest BCUT2D eigenvalue weighted by Gasteiger charge is 2.33. The van der Waals surface area contributed by atoms with Gasteiger partial charge in [0.15, 0.2) is 5.82 Å². The smallest absolute Gasteiger partial charge is 0.306 e. The Hall–Kier alpha value is -1.91. The zero-order chi connectivity index (χ0) is 14.4. The summed E-state index contributed by atoms with van der Waals surface area (Å²) in [4.78, 5) is 15.6. The third-order valence-electron chi connectivity index (χ3n) is 4.16. The molecule has 0 spiro atoms. The van der Waals surface area contributed by atoms with Crippen molar-refractivity contribution in [1.82, 2.24) is 9.55 Å². The van der Waals surface area contributed by atoms with Gasteiger partial charge in [-0.15, -0.1) is 0 Å². The standard InChI is InChI=1S/C15H17FN2O2/c1-8(9(2)15(19)20)14-17-13-11(16)4-3-5-12(13)18(14)10-6-7-10/h3-5,8-10H,6-7H2,1-2H3,(H,19,20). The van der Waals surface area contributed by atoms with Crippen LogP contribution in [0.5, 0.6) is 0 Å². The lowest BCUT2D eigenvalue weighted by molar-refractivity contribution is -0.141. The van der Waals surface area contributed by atoms with E-state index in [0.29, 0.717) is 17.4 Å². The summed E-state index contributed by atoms with van der Waals surface area (Å²) in [5.41, 5.74) is 1.12. The number of carboxylic acids is 1. The van der Waals surface area contributed by atoms with E-state index < -0.39 is 11.9 Å². The van der Waals surface area contributed by atoms with Gasteiger partial charge < -0.3 is 9.67 Å². The van der Waals surface area contributed by atoms with Crippen molar-refractivity contribution in [2.75, 3.05) is 0 Å². The Labute approximate surface area is 116 Å². The van der Waals surface area contributed by atoms with Gasteiger partial charge in [-0.05, 0) is 25.0 Å². The first-order chi connectivity index (χ1) is 9.50. The molecule has 2 atom stereocenters. The van der Waals surface area contributed by atoms with Crippen molar-refractivity contribution in [3.8, 4) is 0 Å². The molecule has 0 bridgehead atoms. The highest BCUT2D eigenvalue weighted by Crippen LogP contribution is 2.41. The number of fused-ring (bicyclic) bond motifs is 1. The predicted molar refractivity (Wildman–Crippen MR) is 73.2 cm³/mol. The van der Waals surface area contributed by atoms with Crippen molar-refractivity contribution in [2.45, 2.75) is 38.6 Å².